The number of piperazine rings is 1. The molecule has 1 aliphatic heterocycles. The van der Waals surface area contributed by atoms with Crippen LogP contribution in [-0.2, 0) is 11.3 Å². The van der Waals surface area contributed by atoms with Gasteiger partial charge >= 0.3 is 0 Å². The molecule has 1 atom stereocenters. The van der Waals surface area contributed by atoms with Gasteiger partial charge in [0, 0.05) is 25.3 Å². The molecule has 0 bridgehead atoms. The van der Waals surface area contributed by atoms with Gasteiger partial charge in [-0.3, -0.25) is 9.69 Å². The van der Waals surface area contributed by atoms with Crippen molar-refractivity contribution >= 4 is 23.2 Å². The molecule has 0 aliphatic carbocycles. The normalized spacial score (nSPS) is 18.4. The van der Waals surface area contributed by atoms with Gasteiger partial charge in [-0.25, -0.2) is 0 Å². The second-order valence-corrected chi connectivity index (χ2v) is 6.53. The molecule has 132 valence electrons. The number of ether oxygens (including phenoxy) is 1. The van der Waals surface area contributed by atoms with Crippen LogP contribution in [-0.4, -0.2) is 42.2 Å². The molecule has 1 fully saturated rings. The van der Waals surface area contributed by atoms with E-state index in [-0.39, 0.29) is 17.7 Å². The van der Waals surface area contributed by atoms with Crippen molar-refractivity contribution in [2.75, 3.05) is 25.1 Å². The van der Waals surface area contributed by atoms with Gasteiger partial charge in [0.1, 0.15) is 11.5 Å². The van der Waals surface area contributed by atoms with Crippen LogP contribution >= 0.6 is 11.6 Å². The number of amides is 1. The molecule has 5 nitrogen and oxygen atoms in total. The second kappa shape index (κ2) is 7.33. The van der Waals surface area contributed by atoms with Gasteiger partial charge in [0.05, 0.1) is 18.2 Å². The summed E-state index contributed by atoms with van der Waals surface area (Å²) in [6.07, 6.45) is 0. The van der Waals surface area contributed by atoms with Gasteiger partial charge in [0.25, 0.3) is 0 Å². The van der Waals surface area contributed by atoms with Crippen LogP contribution in [0.3, 0.4) is 0 Å². The molecular formula is C19H21ClN2O3. The van der Waals surface area contributed by atoms with Gasteiger partial charge in [-0.05, 0) is 48.9 Å². The highest BCUT2D eigenvalue weighted by Crippen LogP contribution is 2.27. The van der Waals surface area contributed by atoms with Crippen molar-refractivity contribution in [3.05, 3.63) is 53.1 Å². The van der Waals surface area contributed by atoms with Gasteiger partial charge in [-0.2, -0.15) is 0 Å². The van der Waals surface area contributed by atoms with E-state index in [0.717, 1.165) is 23.5 Å². The largest absolute Gasteiger partial charge is 0.506 e. The number of methoxy groups -OCH3 is 1. The number of carbonyl (C=O) groups excluding carboxylic acids is 1. The second-order valence-electron chi connectivity index (χ2n) is 6.12. The van der Waals surface area contributed by atoms with Crippen LogP contribution in [0.4, 0.5) is 5.69 Å². The Morgan fingerprint density at radius 1 is 1.20 bits per heavy atom. The van der Waals surface area contributed by atoms with E-state index in [9.17, 15) is 9.90 Å². The first kappa shape index (κ1) is 17.6. The molecule has 1 N–H and O–H groups in total. The fourth-order valence-corrected chi connectivity index (χ4v) is 3.23. The van der Waals surface area contributed by atoms with E-state index < -0.39 is 0 Å². The Hall–Kier alpha value is -2.24. The number of anilines is 1. The zero-order chi connectivity index (χ0) is 18.0. The quantitative estimate of drug-likeness (QED) is 0.909. The molecule has 0 aromatic heterocycles. The van der Waals surface area contributed by atoms with Crippen molar-refractivity contribution < 1.29 is 14.6 Å². The predicted octanol–water partition coefficient (Wildman–Crippen LogP) is 3.29. The summed E-state index contributed by atoms with van der Waals surface area (Å²) in [5, 5.41) is 9.85. The Kier molecular flexibility index (Phi) is 5.16. The zero-order valence-electron chi connectivity index (χ0n) is 14.3. The molecule has 0 radical (unpaired) electrons. The van der Waals surface area contributed by atoms with E-state index in [1.165, 1.54) is 0 Å². The summed E-state index contributed by atoms with van der Waals surface area (Å²) in [7, 11) is 1.62. The molecule has 6 heteroatoms. The molecule has 1 aliphatic rings. The smallest absolute Gasteiger partial charge is 0.244 e. The third-order valence-electron chi connectivity index (χ3n) is 4.56. The van der Waals surface area contributed by atoms with Crippen molar-refractivity contribution in [3.8, 4) is 11.5 Å². The minimum atomic E-state index is -0.233. The van der Waals surface area contributed by atoms with Crippen molar-refractivity contribution in [3.63, 3.8) is 0 Å². The fraction of sp³-hybridized carbons (Fsp3) is 0.316. The maximum Gasteiger partial charge on any atom is 0.244 e. The Morgan fingerprint density at radius 3 is 2.56 bits per heavy atom. The number of phenols is 1. The molecule has 3 rings (SSSR count). The van der Waals surface area contributed by atoms with Crippen molar-refractivity contribution in [2.45, 2.75) is 19.5 Å². The first-order valence-electron chi connectivity index (χ1n) is 8.16. The number of carbonyl (C=O) groups is 1. The molecule has 1 unspecified atom stereocenters. The lowest BCUT2D eigenvalue weighted by Gasteiger charge is -2.39. The van der Waals surface area contributed by atoms with Gasteiger partial charge in [0.2, 0.25) is 5.91 Å². The molecule has 25 heavy (non-hydrogen) atoms. The summed E-state index contributed by atoms with van der Waals surface area (Å²) < 4.78 is 5.17. The number of aromatic hydroxyl groups is 1. The van der Waals surface area contributed by atoms with E-state index in [0.29, 0.717) is 18.1 Å². The minimum absolute atomic E-state index is 0.0684. The summed E-state index contributed by atoms with van der Waals surface area (Å²) >= 11 is 5.97. The van der Waals surface area contributed by atoms with E-state index in [4.69, 9.17) is 16.3 Å². The number of phenolic OH excluding ortho intramolecular Hbond substituents is 1. The van der Waals surface area contributed by atoms with Crippen LogP contribution in [0, 0.1) is 0 Å². The molecule has 1 saturated heterocycles. The molecule has 2 aromatic carbocycles. The lowest BCUT2D eigenvalue weighted by molar-refractivity contribution is -0.125. The van der Waals surface area contributed by atoms with Crippen LogP contribution in [0.1, 0.15) is 12.5 Å². The Balaban J connectivity index is 1.71. The number of halogens is 1. The Bertz CT molecular complexity index is 764. The van der Waals surface area contributed by atoms with Crippen LogP contribution in [0.25, 0.3) is 0 Å². The van der Waals surface area contributed by atoms with Gasteiger partial charge in [-0.1, -0.05) is 17.7 Å². The molecular weight excluding hydrogens is 340 g/mol. The number of hydrogen-bond donors (Lipinski definition) is 1. The van der Waals surface area contributed by atoms with Crippen LogP contribution in [0.2, 0.25) is 5.02 Å². The number of hydrogen-bond acceptors (Lipinski definition) is 4. The van der Waals surface area contributed by atoms with Gasteiger partial charge in [0.15, 0.2) is 0 Å². The Labute approximate surface area is 152 Å². The lowest BCUT2D eigenvalue weighted by atomic mass is 10.1. The molecule has 0 saturated carbocycles. The first-order chi connectivity index (χ1) is 12.0. The SMILES string of the molecule is COc1ccc(N2CCN(Cc3ccc(O)c(Cl)c3)C(C)C2=O)cc1. The minimum Gasteiger partial charge on any atom is -0.506 e. The summed E-state index contributed by atoms with van der Waals surface area (Å²) in [6, 6.07) is 12.4. The number of nitrogens with zero attached hydrogens (tertiary/aromatic N) is 2. The van der Waals surface area contributed by atoms with Crippen LogP contribution in [0.15, 0.2) is 42.5 Å². The summed E-state index contributed by atoms with van der Waals surface area (Å²) in [4.78, 5) is 16.7. The standard InChI is InChI=1S/C19H21ClN2O3/c1-13-19(24)22(15-4-6-16(25-2)7-5-15)10-9-21(13)12-14-3-8-18(23)17(20)11-14/h3-8,11,13,23H,9-10,12H2,1-2H3. The van der Waals surface area contributed by atoms with E-state index in [2.05, 4.69) is 4.90 Å². The highest BCUT2D eigenvalue weighted by molar-refractivity contribution is 6.32. The molecule has 0 spiro atoms. The monoisotopic (exact) mass is 360 g/mol. The van der Waals surface area contributed by atoms with E-state index >= 15 is 0 Å². The van der Waals surface area contributed by atoms with E-state index in [1.54, 1.807) is 19.2 Å². The maximum absolute atomic E-state index is 12.8. The third kappa shape index (κ3) is 3.72. The van der Waals surface area contributed by atoms with Crippen molar-refractivity contribution in [1.82, 2.24) is 4.90 Å². The van der Waals surface area contributed by atoms with Crippen molar-refractivity contribution in [1.29, 1.82) is 0 Å². The van der Waals surface area contributed by atoms with Gasteiger partial charge < -0.3 is 14.7 Å². The van der Waals surface area contributed by atoms with Gasteiger partial charge in [-0.15, -0.1) is 0 Å². The average molecular weight is 361 g/mol. The summed E-state index contributed by atoms with van der Waals surface area (Å²) in [6.45, 7) is 3.92. The lowest BCUT2D eigenvalue weighted by Crippen LogP contribution is -2.55. The Morgan fingerprint density at radius 2 is 1.92 bits per heavy atom. The third-order valence-corrected chi connectivity index (χ3v) is 4.87. The molecule has 1 heterocycles. The number of rotatable bonds is 4. The highest BCUT2D eigenvalue weighted by Gasteiger charge is 2.32. The number of benzene rings is 2. The fourth-order valence-electron chi connectivity index (χ4n) is 3.03. The molecule has 1 amide bonds. The van der Waals surface area contributed by atoms with E-state index in [1.807, 2.05) is 42.2 Å². The molecule has 2 aromatic rings. The predicted molar refractivity (Wildman–Crippen MR) is 98.3 cm³/mol. The van der Waals surface area contributed by atoms with Crippen LogP contribution < -0.4 is 9.64 Å². The summed E-state index contributed by atoms with van der Waals surface area (Å²) in [5.74, 6) is 0.909. The van der Waals surface area contributed by atoms with Crippen LogP contribution in [0.5, 0.6) is 11.5 Å². The maximum atomic E-state index is 12.8. The van der Waals surface area contributed by atoms with Crippen molar-refractivity contribution in [2.24, 2.45) is 0 Å². The zero-order valence-corrected chi connectivity index (χ0v) is 15.0. The summed E-state index contributed by atoms with van der Waals surface area (Å²) in [5.41, 5.74) is 1.85. The topological polar surface area (TPSA) is 53.0 Å². The highest BCUT2D eigenvalue weighted by atomic mass is 35.5. The average Bonchev–Trinajstić information content (AvgIpc) is 2.62. The first-order valence-corrected chi connectivity index (χ1v) is 8.54.